The molecular formula is C25H33N2O2+. The van der Waals surface area contributed by atoms with E-state index in [1.807, 2.05) is 0 Å². The van der Waals surface area contributed by atoms with E-state index in [0.717, 1.165) is 36.2 Å². The lowest BCUT2D eigenvalue weighted by Crippen LogP contribution is -2.56. The highest BCUT2D eigenvalue weighted by molar-refractivity contribution is 5.73. The van der Waals surface area contributed by atoms with Gasteiger partial charge in [-0.15, -0.1) is 0 Å². The van der Waals surface area contributed by atoms with E-state index >= 15 is 0 Å². The molecule has 0 radical (unpaired) electrons. The number of hydrogen-bond acceptors (Lipinski definition) is 3. The summed E-state index contributed by atoms with van der Waals surface area (Å²) in [5.41, 5.74) is 4.08. The van der Waals surface area contributed by atoms with Crippen molar-refractivity contribution in [3.8, 4) is 0 Å². The molecule has 4 aliphatic heterocycles. The van der Waals surface area contributed by atoms with Gasteiger partial charge in [0.15, 0.2) is 12.1 Å². The van der Waals surface area contributed by atoms with Crippen LogP contribution in [0.1, 0.15) is 74.8 Å². The Kier molecular flexibility index (Phi) is 3.14. The summed E-state index contributed by atoms with van der Waals surface area (Å²) >= 11 is 0. The van der Waals surface area contributed by atoms with Crippen LogP contribution in [0, 0.1) is 11.8 Å². The third-order valence-corrected chi connectivity index (χ3v) is 9.86. The smallest absolute Gasteiger partial charge is 0.315 e. The predicted molar refractivity (Wildman–Crippen MR) is 112 cm³/mol. The number of benzene rings is 1. The van der Waals surface area contributed by atoms with E-state index in [2.05, 4.69) is 37.1 Å². The molecule has 6 fully saturated rings. The molecule has 1 amide bonds. The number of anilines is 1. The van der Waals surface area contributed by atoms with Gasteiger partial charge in [0.25, 0.3) is 0 Å². The Hall–Kier alpha value is -1.39. The molecule has 3 aliphatic carbocycles. The summed E-state index contributed by atoms with van der Waals surface area (Å²) in [6.07, 6.45) is 7.27. The van der Waals surface area contributed by atoms with E-state index in [-0.39, 0.29) is 0 Å². The van der Waals surface area contributed by atoms with Crippen LogP contribution in [0.15, 0.2) is 18.2 Å². The van der Waals surface area contributed by atoms with Gasteiger partial charge < -0.3 is 10.0 Å². The van der Waals surface area contributed by atoms with E-state index in [1.54, 1.807) is 11.1 Å². The highest BCUT2D eigenvalue weighted by Crippen LogP contribution is 2.69. The molecule has 8 unspecified atom stereocenters. The molecule has 3 saturated carbocycles. The van der Waals surface area contributed by atoms with Crippen molar-refractivity contribution in [3.05, 3.63) is 29.3 Å². The van der Waals surface area contributed by atoms with Gasteiger partial charge in [-0.2, -0.15) is 0 Å². The van der Waals surface area contributed by atoms with E-state index in [9.17, 15) is 9.90 Å². The monoisotopic (exact) mass is 393 g/mol. The Bertz CT molecular complexity index is 925. The van der Waals surface area contributed by atoms with Crippen molar-refractivity contribution >= 4 is 11.6 Å². The van der Waals surface area contributed by atoms with Gasteiger partial charge >= 0.3 is 5.91 Å². The lowest BCUT2D eigenvalue weighted by atomic mass is 9.67. The van der Waals surface area contributed by atoms with Gasteiger partial charge in [0.1, 0.15) is 0 Å². The molecule has 154 valence electrons. The number of nitrogens with zero attached hydrogens (tertiary/aromatic N) is 2. The second-order valence-corrected chi connectivity index (χ2v) is 11.5. The lowest BCUT2D eigenvalue weighted by Gasteiger charge is -2.43. The van der Waals surface area contributed by atoms with Gasteiger partial charge in [0, 0.05) is 50.4 Å². The number of fused-ring (bicyclic) bond motifs is 1. The minimum Gasteiger partial charge on any atom is -0.389 e. The zero-order valence-corrected chi connectivity index (χ0v) is 17.7. The fraction of sp³-hybridized carbons (Fsp3) is 0.720. The third-order valence-electron chi connectivity index (χ3n) is 9.86. The number of hydrogen-bond donors (Lipinski definition) is 1. The van der Waals surface area contributed by atoms with Crippen LogP contribution in [0.5, 0.6) is 0 Å². The van der Waals surface area contributed by atoms with Crippen molar-refractivity contribution in [2.45, 2.75) is 87.4 Å². The molecule has 1 N–H and O–H groups in total. The molecule has 8 rings (SSSR count). The normalized spacial score (nSPS) is 46.7. The van der Waals surface area contributed by atoms with Crippen LogP contribution < -0.4 is 4.90 Å². The molecule has 0 spiro atoms. The van der Waals surface area contributed by atoms with E-state index in [4.69, 9.17) is 0 Å². The molecule has 4 heteroatoms. The molecule has 29 heavy (non-hydrogen) atoms. The maximum Gasteiger partial charge on any atom is 0.315 e. The van der Waals surface area contributed by atoms with Gasteiger partial charge in [-0.1, -0.05) is 19.1 Å². The summed E-state index contributed by atoms with van der Waals surface area (Å²) in [7, 11) is 2.21. The van der Waals surface area contributed by atoms with Gasteiger partial charge in [0.05, 0.1) is 18.1 Å². The minimum atomic E-state index is -0.439. The van der Waals surface area contributed by atoms with E-state index in [0.29, 0.717) is 48.2 Å². The summed E-state index contributed by atoms with van der Waals surface area (Å²) in [6.45, 7) is 3.37. The molecule has 1 aromatic rings. The molecule has 3 saturated heterocycles. The first-order chi connectivity index (χ1) is 13.9. The standard InChI is InChI=1S/C25H33N2O2/c1-14(19-13-26(2)20-5-3-4-18(23(19)20)15-6-7-15)8-22(28)27-17-9-16-10-25(29,11-17)12-21(27)24(16)27/h3-5,14-17,19,21,24,29H,6-13H2,1-2H3/q+1. The second-order valence-electron chi connectivity index (χ2n) is 11.5. The van der Waals surface area contributed by atoms with Crippen LogP contribution in [0.2, 0.25) is 0 Å². The summed E-state index contributed by atoms with van der Waals surface area (Å²) in [5.74, 6) is 2.73. The number of likely N-dealkylation sites (N-methyl/N-ethyl adjacent to an activating group) is 1. The number of carbonyl (C=O) groups is 1. The molecule has 0 aromatic heterocycles. The minimum absolute atomic E-state index is 0.388. The predicted octanol–water partition coefficient (Wildman–Crippen LogP) is 3.53. The number of amides is 1. The van der Waals surface area contributed by atoms with Crippen LogP contribution in [0.4, 0.5) is 5.69 Å². The highest BCUT2D eigenvalue weighted by atomic mass is 16.3. The SMILES string of the molecule is CC(CC(=O)[N+]12C3CC4CC(O)(C3)CC1C42)C1CN(C)c2cccc(C3CC3)c21. The molecule has 8 atom stereocenters. The Labute approximate surface area is 173 Å². The fourth-order valence-corrected chi connectivity index (χ4v) is 8.70. The first-order valence-corrected chi connectivity index (χ1v) is 11.9. The van der Waals surface area contributed by atoms with Crippen LogP contribution in [0.25, 0.3) is 0 Å². The second kappa shape index (κ2) is 5.26. The maximum absolute atomic E-state index is 13.8. The summed E-state index contributed by atoms with van der Waals surface area (Å²) in [6, 6.07) is 8.27. The molecule has 4 bridgehead atoms. The zero-order valence-electron chi connectivity index (χ0n) is 17.7. The van der Waals surface area contributed by atoms with Crippen LogP contribution in [-0.2, 0) is 4.79 Å². The van der Waals surface area contributed by atoms with Gasteiger partial charge in [-0.05, 0) is 48.3 Å². The van der Waals surface area contributed by atoms with E-state index in [1.165, 1.54) is 24.9 Å². The van der Waals surface area contributed by atoms with Crippen molar-refractivity contribution in [1.29, 1.82) is 0 Å². The molecule has 1 aromatic carbocycles. The fourth-order valence-electron chi connectivity index (χ4n) is 8.70. The Morgan fingerprint density at radius 1 is 1.31 bits per heavy atom. The summed E-state index contributed by atoms with van der Waals surface area (Å²) < 4.78 is 0.775. The number of rotatable bonds is 4. The average molecular weight is 394 g/mol. The Morgan fingerprint density at radius 2 is 2.14 bits per heavy atom. The largest absolute Gasteiger partial charge is 0.389 e. The quantitative estimate of drug-likeness (QED) is 0.628. The lowest BCUT2D eigenvalue weighted by molar-refractivity contribution is -0.773. The molecule has 7 aliphatic rings. The first kappa shape index (κ1) is 17.3. The summed E-state index contributed by atoms with van der Waals surface area (Å²) in [5, 5.41) is 10.9. The van der Waals surface area contributed by atoms with Crippen molar-refractivity contribution in [1.82, 2.24) is 0 Å². The Morgan fingerprint density at radius 3 is 2.90 bits per heavy atom. The van der Waals surface area contributed by atoms with Crippen LogP contribution in [-0.4, -0.2) is 52.8 Å². The van der Waals surface area contributed by atoms with Crippen LogP contribution in [0.3, 0.4) is 0 Å². The number of quaternary nitrogens is 1. The first-order valence-electron chi connectivity index (χ1n) is 11.9. The topological polar surface area (TPSA) is 40.5 Å². The highest BCUT2D eigenvalue weighted by Gasteiger charge is 2.86. The van der Waals surface area contributed by atoms with E-state index < -0.39 is 5.60 Å². The van der Waals surface area contributed by atoms with Gasteiger partial charge in [-0.3, -0.25) is 0 Å². The van der Waals surface area contributed by atoms with Crippen LogP contribution >= 0.6 is 0 Å². The average Bonchev–Trinajstić information content (AvgIpc) is 3.56. The Balaban J connectivity index is 1.16. The third kappa shape index (κ3) is 2.05. The maximum atomic E-state index is 13.8. The van der Waals surface area contributed by atoms with Crippen molar-refractivity contribution in [2.24, 2.45) is 11.8 Å². The number of piperidine rings is 2. The zero-order chi connectivity index (χ0) is 19.7. The van der Waals surface area contributed by atoms with Crippen molar-refractivity contribution in [3.63, 3.8) is 0 Å². The van der Waals surface area contributed by atoms with Gasteiger partial charge in [0.2, 0.25) is 0 Å². The van der Waals surface area contributed by atoms with Gasteiger partial charge in [-0.25, -0.2) is 9.28 Å². The number of carbonyl (C=O) groups excluding carboxylic acids is 1. The molecule has 4 nitrogen and oxygen atoms in total. The molecule has 4 heterocycles. The number of aliphatic hydroxyl groups is 1. The van der Waals surface area contributed by atoms with Crippen molar-refractivity contribution < 1.29 is 14.4 Å². The van der Waals surface area contributed by atoms with Crippen molar-refractivity contribution in [2.75, 3.05) is 18.5 Å². The summed E-state index contributed by atoms with van der Waals surface area (Å²) in [4.78, 5) is 16.2. The molecular weight excluding hydrogens is 360 g/mol.